The Bertz CT molecular complexity index is 745. The van der Waals surface area contributed by atoms with E-state index in [1.54, 1.807) is 11.0 Å². The largest absolute Gasteiger partial charge is 0.347 e. The number of nitrogens with zero attached hydrogens (tertiary/aromatic N) is 1. The van der Waals surface area contributed by atoms with Crippen molar-refractivity contribution < 1.29 is 9.59 Å². The lowest BCUT2D eigenvalue weighted by Gasteiger charge is -2.16. The molecule has 0 atom stereocenters. The molecular weight excluding hydrogens is 312 g/mol. The van der Waals surface area contributed by atoms with Gasteiger partial charge in [0, 0.05) is 23.8 Å². The van der Waals surface area contributed by atoms with E-state index in [-0.39, 0.29) is 0 Å². The van der Waals surface area contributed by atoms with Gasteiger partial charge in [-0.2, -0.15) is 0 Å². The SMILES string of the molecule is O=C(NCCc1cccc(Cl)c1)C(=O)N1CCc2ccccc21. The fourth-order valence-corrected chi connectivity index (χ4v) is 2.97. The van der Waals surface area contributed by atoms with Crippen LogP contribution >= 0.6 is 11.6 Å². The molecule has 4 nitrogen and oxygen atoms in total. The second-order valence-corrected chi connectivity index (χ2v) is 5.91. The maximum Gasteiger partial charge on any atom is 0.316 e. The molecule has 1 aliphatic rings. The first-order valence-corrected chi connectivity index (χ1v) is 7.95. The van der Waals surface area contributed by atoms with Crippen LogP contribution in [0.25, 0.3) is 0 Å². The van der Waals surface area contributed by atoms with Gasteiger partial charge < -0.3 is 10.2 Å². The second kappa shape index (κ2) is 6.84. The number of halogens is 1. The minimum atomic E-state index is -0.566. The highest BCUT2D eigenvalue weighted by Crippen LogP contribution is 2.27. The van der Waals surface area contributed by atoms with Gasteiger partial charge in [-0.15, -0.1) is 0 Å². The van der Waals surface area contributed by atoms with Crippen LogP contribution in [0.3, 0.4) is 0 Å². The summed E-state index contributed by atoms with van der Waals surface area (Å²) >= 11 is 5.92. The third-order valence-corrected chi connectivity index (χ3v) is 4.15. The zero-order valence-electron chi connectivity index (χ0n) is 12.6. The van der Waals surface area contributed by atoms with Crippen LogP contribution < -0.4 is 10.2 Å². The van der Waals surface area contributed by atoms with Crippen molar-refractivity contribution in [3.05, 3.63) is 64.7 Å². The topological polar surface area (TPSA) is 49.4 Å². The molecule has 1 heterocycles. The van der Waals surface area contributed by atoms with Crippen LogP contribution in [0, 0.1) is 0 Å². The minimum absolute atomic E-state index is 0.403. The summed E-state index contributed by atoms with van der Waals surface area (Å²) in [5, 5.41) is 3.35. The summed E-state index contributed by atoms with van der Waals surface area (Å²) in [6.45, 7) is 0.959. The standard InChI is InChI=1S/C18H17ClN2O2/c19-15-6-3-4-13(12-15)8-10-20-17(22)18(23)21-11-9-14-5-1-2-7-16(14)21/h1-7,12H,8-11H2,(H,20,22). The number of anilines is 1. The smallest absolute Gasteiger partial charge is 0.316 e. The normalized spacial score (nSPS) is 12.8. The number of fused-ring (bicyclic) bond motifs is 1. The van der Waals surface area contributed by atoms with E-state index in [9.17, 15) is 9.59 Å². The van der Waals surface area contributed by atoms with Gasteiger partial charge in [0.1, 0.15) is 0 Å². The molecule has 2 aromatic rings. The molecule has 0 radical (unpaired) electrons. The molecule has 1 N–H and O–H groups in total. The first-order chi connectivity index (χ1) is 11.1. The molecule has 0 bridgehead atoms. The average molecular weight is 329 g/mol. The Morgan fingerprint density at radius 1 is 1.13 bits per heavy atom. The first kappa shape index (κ1) is 15.6. The average Bonchev–Trinajstić information content (AvgIpc) is 2.98. The van der Waals surface area contributed by atoms with Crippen LogP contribution in [-0.4, -0.2) is 24.9 Å². The van der Waals surface area contributed by atoms with Crippen molar-refractivity contribution in [1.82, 2.24) is 5.32 Å². The van der Waals surface area contributed by atoms with Crippen LogP contribution in [-0.2, 0) is 22.4 Å². The van der Waals surface area contributed by atoms with Gasteiger partial charge in [0.05, 0.1) is 0 Å². The van der Waals surface area contributed by atoms with Crippen molar-refractivity contribution in [3.8, 4) is 0 Å². The van der Waals surface area contributed by atoms with Crippen molar-refractivity contribution in [1.29, 1.82) is 0 Å². The van der Waals surface area contributed by atoms with Gasteiger partial charge in [0.2, 0.25) is 0 Å². The highest BCUT2D eigenvalue weighted by Gasteiger charge is 2.28. The summed E-state index contributed by atoms with van der Waals surface area (Å²) in [6.07, 6.45) is 1.42. The van der Waals surface area contributed by atoms with Gasteiger partial charge in [-0.3, -0.25) is 9.59 Å². The van der Waals surface area contributed by atoms with Gasteiger partial charge in [-0.05, 0) is 42.2 Å². The number of carbonyl (C=O) groups is 2. The highest BCUT2D eigenvalue weighted by molar-refractivity contribution is 6.40. The van der Waals surface area contributed by atoms with Crippen molar-refractivity contribution >= 4 is 29.1 Å². The summed E-state index contributed by atoms with van der Waals surface area (Å²) in [4.78, 5) is 25.9. The van der Waals surface area contributed by atoms with Crippen LogP contribution in [0.5, 0.6) is 0 Å². The Morgan fingerprint density at radius 2 is 1.96 bits per heavy atom. The third-order valence-electron chi connectivity index (χ3n) is 3.91. The third kappa shape index (κ3) is 3.54. The van der Waals surface area contributed by atoms with Crippen molar-refractivity contribution in [2.24, 2.45) is 0 Å². The zero-order chi connectivity index (χ0) is 16.2. The van der Waals surface area contributed by atoms with Crippen molar-refractivity contribution in [2.45, 2.75) is 12.8 Å². The molecule has 118 valence electrons. The number of nitrogens with one attached hydrogen (secondary N) is 1. The van der Waals surface area contributed by atoms with E-state index in [4.69, 9.17) is 11.6 Å². The molecule has 0 fully saturated rings. The van der Waals surface area contributed by atoms with E-state index in [2.05, 4.69) is 5.32 Å². The molecular formula is C18H17ClN2O2. The van der Waals surface area contributed by atoms with Gasteiger partial charge in [-0.25, -0.2) is 0 Å². The van der Waals surface area contributed by atoms with Crippen LogP contribution in [0.2, 0.25) is 5.02 Å². The van der Waals surface area contributed by atoms with Gasteiger partial charge in [0.15, 0.2) is 0 Å². The second-order valence-electron chi connectivity index (χ2n) is 5.47. The fraction of sp³-hybridized carbons (Fsp3) is 0.222. The molecule has 1 aliphatic heterocycles. The van der Waals surface area contributed by atoms with Crippen molar-refractivity contribution in [3.63, 3.8) is 0 Å². The summed E-state index contributed by atoms with van der Waals surface area (Å²) in [5.41, 5.74) is 2.96. The monoisotopic (exact) mass is 328 g/mol. The summed E-state index contributed by atoms with van der Waals surface area (Å²) in [6, 6.07) is 15.1. The maximum atomic E-state index is 12.3. The predicted molar refractivity (Wildman–Crippen MR) is 90.7 cm³/mol. The Morgan fingerprint density at radius 3 is 2.78 bits per heavy atom. The number of benzene rings is 2. The number of hydrogen-bond acceptors (Lipinski definition) is 2. The number of amides is 2. The fourth-order valence-electron chi connectivity index (χ4n) is 2.76. The number of hydrogen-bond donors (Lipinski definition) is 1. The van der Waals surface area contributed by atoms with E-state index < -0.39 is 11.8 Å². The van der Waals surface area contributed by atoms with E-state index in [1.165, 1.54) is 0 Å². The lowest BCUT2D eigenvalue weighted by Crippen LogP contribution is -2.43. The number of para-hydroxylation sites is 1. The molecule has 0 spiro atoms. The van der Waals surface area contributed by atoms with Crippen LogP contribution in [0.15, 0.2) is 48.5 Å². The minimum Gasteiger partial charge on any atom is -0.347 e. The Labute approximate surface area is 140 Å². The van der Waals surface area contributed by atoms with Crippen LogP contribution in [0.4, 0.5) is 5.69 Å². The zero-order valence-corrected chi connectivity index (χ0v) is 13.3. The number of carbonyl (C=O) groups excluding carboxylic acids is 2. The first-order valence-electron chi connectivity index (χ1n) is 7.57. The lowest BCUT2D eigenvalue weighted by molar-refractivity contribution is -0.137. The van der Waals surface area contributed by atoms with Crippen molar-refractivity contribution in [2.75, 3.05) is 18.0 Å². The van der Waals surface area contributed by atoms with E-state index in [1.807, 2.05) is 42.5 Å². The molecule has 0 aromatic heterocycles. The molecule has 0 saturated heterocycles. The maximum absolute atomic E-state index is 12.3. The summed E-state index contributed by atoms with van der Waals surface area (Å²) < 4.78 is 0. The molecule has 0 aliphatic carbocycles. The highest BCUT2D eigenvalue weighted by atomic mass is 35.5. The lowest BCUT2D eigenvalue weighted by atomic mass is 10.1. The molecule has 0 saturated carbocycles. The molecule has 0 unspecified atom stereocenters. The Balaban J connectivity index is 1.56. The summed E-state index contributed by atoms with van der Waals surface area (Å²) in [7, 11) is 0. The summed E-state index contributed by atoms with van der Waals surface area (Å²) in [5.74, 6) is -1.07. The van der Waals surface area contributed by atoms with Gasteiger partial charge in [0.25, 0.3) is 0 Å². The quantitative estimate of drug-likeness (QED) is 0.880. The van der Waals surface area contributed by atoms with E-state index in [0.717, 1.165) is 23.2 Å². The van der Waals surface area contributed by atoms with Gasteiger partial charge >= 0.3 is 11.8 Å². The molecule has 23 heavy (non-hydrogen) atoms. The Kier molecular flexibility index (Phi) is 4.63. The van der Waals surface area contributed by atoms with E-state index in [0.29, 0.717) is 24.5 Å². The molecule has 2 amide bonds. The van der Waals surface area contributed by atoms with E-state index >= 15 is 0 Å². The molecule has 3 rings (SSSR count). The predicted octanol–water partition coefficient (Wildman–Crippen LogP) is 2.59. The van der Waals surface area contributed by atoms with Crippen LogP contribution in [0.1, 0.15) is 11.1 Å². The van der Waals surface area contributed by atoms with Gasteiger partial charge in [-0.1, -0.05) is 41.9 Å². The Hall–Kier alpha value is -2.33. The molecule has 2 aromatic carbocycles. The number of rotatable bonds is 3. The molecule has 5 heteroatoms.